The molecule has 2 rings (SSSR count). The first kappa shape index (κ1) is 12.6. The van der Waals surface area contributed by atoms with Crippen LogP contribution < -0.4 is 0 Å². The van der Waals surface area contributed by atoms with E-state index in [1.54, 1.807) is 11.8 Å². The summed E-state index contributed by atoms with van der Waals surface area (Å²) in [4.78, 5) is 12.5. The summed E-state index contributed by atoms with van der Waals surface area (Å²) in [7, 11) is 0. The predicted octanol–water partition coefficient (Wildman–Crippen LogP) is 3.91. The number of halogens is 1. The molecule has 1 atom stereocenters. The Morgan fingerprint density at radius 2 is 2.12 bits per heavy atom. The molecule has 1 saturated heterocycles. The third-order valence-electron chi connectivity index (χ3n) is 3.36. The standard InChI is InChI=1S/C14H17FOS/c1-9-7-10(2)12(11(15)8-9)13(16)14(3)5-4-6-17-14/h7-8H,4-6H2,1-3H3. The van der Waals surface area contributed by atoms with Crippen molar-refractivity contribution in [3.8, 4) is 0 Å². The van der Waals surface area contributed by atoms with Gasteiger partial charge in [-0.05, 0) is 56.6 Å². The maximum atomic E-state index is 14.0. The first-order valence-electron chi connectivity index (χ1n) is 5.89. The number of hydrogen-bond donors (Lipinski definition) is 0. The molecule has 1 aromatic rings. The molecule has 0 bridgehead atoms. The Hall–Kier alpha value is -0.830. The first-order valence-corrected chi connectivity index (χ1v) is 6.88. The minimum absolute atomic E-state index is 0.0463. The van der Waals surface area contributed by atoms with Crippen LogP contribution in [0.3, 0.4) is 0 Å². The number of hydrogen-bond acceptors (Lipinski definition) is 2. The van der Waals surface area contributed by atoms with Gasteiger partial charge < -0.3 is 0 Å². The lowest BCUT2D eigenvalue weighted by atomic mass is 9.91. The summed E-state index contributed by atoms with van der Waals surface area (Å²) < 4.78 is 13.5. The fraction of sp³-hybridized carbons (Fsp3) is 0.500. The van der Waals surface area contributed by atoms with Crippen molar-refractivity contribution in [3.05, 3.63) is 34.6 Å². The summed E-state index contributed by atoms with van der Waals surface area (Å²) in [6.45, 7) is 5.59. The highest BCUT2D eigenvalue weighted by atomic mass is 32.2. The molecule has 1 aliphatic heterocycles. The maximum Gasteiger partial charge on any atom is 0.181 e. The minimum atomic E-state index is -0.430. The van der Waals surface area contributed by atoms with Crippen LogP contribution in [-0.4, -0.2) is 16.3 Å². The second-order valence-electron chi connectivity index (χ2n) is 4.95. The lowest BCUT2D eigenvalue weighted by Crippen LogP contribution is -2.30. The van der Waals surface area contributed by atoms with Crippen molar-refractivity contribution in [1.29, 1.82) is 0 Å². The summed E-state index contributed by atoms with van der Waals surface area (Å²) in [6.07, 6.45) is 1.89. The molecule has 0 N–H and O–H groups in total. The van der Waals surface area contributed by atoms with Gasteiger partial charge in [0.15, 0.2) is 5.78 Å². The van der Waals surface area contributed by atoms with E-state index >= 15 is 0 Å². The molecular weight excluding hydrogens is 235 g/mol. The molecule has 1 aromatic carbocycles. The van der Waals surface area contributed by atoms with Crippen LogP contribution >= 0.6 is 11.8 Å². The molecular formula is C14H17FOS. The molecule has 3 heteroatoms. The highest BCUT2D eigenvalue weighted by Gasteiger charge is 2.39. The minimum Gasteiger partial charge on any atom is -0.292 e. The Balaban J connectivity index is 2.44. The third-order valence-corrected chi connectivity index (χ3v) is 4.88. The highest BCUT2D eigenvalue weighted by Crippen LogP contribution is 2.41. The number of carbonyl (C=O) groups excluding carboxylic acids is 1. The van der Waals surface area contributed by atoms with E-state index in [0.717, 1.165) is 29.7 Å². The van der Waals surface area contributed by atoms with Gasteiger partial charge in [0.1, 0.15) is 5.82 Å². The Kier molecular flexibility index (Phi) is 3.30. The molecule has 92 valence electrons. The van der Waals surface area contributed by atoms with Crippen LogP contribution in [0.25, 0.3) is 0 Å². The summed E-state index contributed by atoms with van der Waals surface area (Å²) in [5.74, 6) is 0.575. The molecule has 17 heavy (non-hydrogen) atoms. The van der Waals surface area contributed by atoms with E-state index in [-0.39, 0.29) is 17.2 Å². The van der Waals surface area contributed by atoms with Crippen LogP contribution in [-0.2, 0) is 0 Å². The number of thioether (sulfide) groups is 1. The Labute approximate surface area is 106 Å². The van der Waals surface area contributed by atoms with Crippen molar-refractivity contribution >= 4 is 17.5 Å². The third kappa shape index (κ3) is 2.25. The van der Waals surface area contributed by atoms with E-state index in [9.17, 15) is 9.18 Å². The number of aryl methyl sites for hydroxylation is 2. The number of rotatable bonds is 2. The molecule has 1 aliphatic rings. The van der Waals surface area contributed by atoms with Crippen molar-refractivity contribution < 1.29 is 9.18 Å². The molecule has 0 radical (unpaired) electrons. The van der Waals surface area contributed by atoms with Crippen LogP contribution in [0.15, 0.2) is 12.1 Å². The zero-order chi connectivity index (χ0) is 12.6. The smallest absolute Gasteiger partial charge is 0.181 e. The van der Waals surface area contributed by atoms with Gasteiger partial charge >= 0.3 is 0 Å². The van der Waals surface area contributed by atoms with Gasteiger partial charge in [0.05, 0.1) is 10.3 Å². The van der Waals surface area contributed by atoms with Gasteiger partial charge in [-0.1, -0.05) is 6.07 Å². The molecule has 1 nitrogen and oxygen atoms in total. The molecule has 1 fully saturated rings. The number of ketones is 1. The molecule has 0 aliphatic carbocycles. The van der Waals surface area contributed by atoms with E-state index in [4.69, 9.17) is 0 Å². The quantitative estimate of drug-likeness (QED) is 0.742. The predicted molar refractivity (Wildman–Crippen MR) is 70.3 cm³/mol. The molecule has 0 aromatic heterocycles. The van der Waals surface area contributed by atoms with Crippen LogP contribution in [0.4, 0.5) is 4.39 Å². The molecule has 1 unspecified atom stereocenters. The largest absolute Gasteiger partial charge is 0.292 e. The van der Waals surface area contributed by atoms with Crippen molar-refractivity contribution in [1.82, 2.24) is 0 Å². The van der Waals surface area contributed by atoms with E-state index in [0.29, 0.717) is 0 Å². The van der Waals surface area contributed by atoms with Crippen LogP contribution in [0.2, 0.25) is 0 Å². The number of carbonyl (C=O) groups is 1. The van der Waals surface area contributed by atoms with Crippen LogP contribution in [0.5, 0.6) is 0 Å². The monoisotopic (exact) mass is 252 g/mol. The lowest BCUT2D eigenvalue weighted by Gasteiger charge is -2.22. The van der Waals surface area contributed by atoms with Gasteiger partial charge in [-0.25, -0.2) is 4.39 Å². The number of Topliss-reactive ketones (excluding diaryl/α,β-unsaturated/α-hetero) is 1. The van der Waals surface area contributed by atoms with Gasteiger partial charge in [-0.15, -0.1) is 11.8 Å². The van der Waals surface area contributed by atoms with Gasteiger partial charge in [0, 0.05) is 0 Å². The van der Waals surface area contributed by atoms with E-state index < -0.39 is 4.75 Å². The average molecular weight is 252 g/mol. The Morgan fingerprint density at radius 1 is 1.41 bits per heavy atom. The second-order valence-corrected chi connectivity index (χ2v) is 6.55. The SMILES string of the molecule is Cc1cc(C)c(C(=O)C2(C)CCCS2)c(F)c1. The van der Waals surface area contributed by atoms with Crippen LogP contribution in [0.1, 0.15) is 41.3 Å². The Morgan fingerprint density at radius 3 is 2.65 bits per heavy atom. The van der Waals surface area contributed by atoms with Gasteiger partial charge in [0.25, 0.3) is 0 Å². The Bertz CT molecular complexity index is 438. The lowest BCUT2D eigenvalue weighted by molar-refractivity contribution is 0.0944. The van der Waals surface area contributed by atoms with Crippen LogP contribution in [0, 0.1) is 19.7 Å². The first-order chi connectivity index (χ1) is 7.94. The van der Waals surface area contributed by atoms with E-state index in [1.165, 1.54) is 6.07 Å². The molecule has 1 heterocycles. The molecule has 0 spiro atoms. The molecule has 0 amide bonds. The number of benzene rings is 1. The molecule has 0 saturated carbocycles. The van der Waals surface area contributed by atoms with E-state index in [2.05, 4.69) is 0 Å². The van der Waals surface area contributed by atoms with E-state index in [1.807, 2.05) is 26.8 Å². The summed E-state index contributed by atoms with van der Waals surface area (Å²) >= 11 is 1.65. The van der Waals surface area contributed by atoms with Gasteiger partial charge in [-0.2, -0.15) is 0 Å². The summed E-state index contributed by atoms with van der Waals surface area (Å²) in [6, 6.07) is 3.32. The average Bonchev–Trinajstić information content (AvgIpc) is 2.64. The summed E-state index contributed by atoms with van der Waals surface area (Å²) in [5, 5.41) is 0. The summed E-state index contributed by atoms with van der Waals surface area (Å²) in [5.41, 5.74) is 1.90. The van der Waals surface area contributed by atoms with Gasteiger partial charge in [-0.3, -0.25) is 4.79 Å². The van der Waals surface area contributed by atoms with Crippen molar-refractivity contribution in [3.63, 3.8) is 0 Å². The highest BCUT2D eigenvalue weighted by molar-refractivity contribution is 8.01. The normalized spacial score (nSPS) is 24.0. The van der Waals surface area contributed by atoms with Crippen molar-refractivity contribution in [2.75, 3.05) is 5.75 Å². The van der Waals surface area contributed by atoms with Gasteiger partial charge in [0.2, 0.25) is 0 Å². The maximum absolute atomic E-state index is 14.0. The van der Waals surface area contributed by atoms with Crippen molar-refractivity contribution in [2.24, 2.45) is 0 Å². The zero-order valence-corrected chi connectivity index (χ0v) is 11.3. The fourth-order valence-electron chi connectivity index (χ4n) is 2.43. The zero-order valence-electron chi connectivity index (χ0n) is 10.5. The topological polar surface area (TPSA) is 17.1 Å². The second kappa shape index (κ2) is 4.45. The van der Waals surface area contributed by atoms with Crippen molar-refractivity contribution in [2.45, 2.75) is 38.4 Å². The fourth-order valence-corrected chi connectivity index (χ4v) is 3.69.